The summed E-state index contributed by atoms with van der Waals surface area (Å²) in [5.74, 6) is 0.246. The van der Waals surface area contributed by atoms with Gasteiger partial charge in [0.25, 0.3) is 0 Å². The molecule has 3 aromatic rings. The van der Waals surface area contributed by atoms with Crippen molar-refractivity contribution in [1.29, 1.82) is 0 Å². The number of hydrogen-bond donors (Lipinski definition) is 2. The molecule has 5 nitrogen and oxygen atoms in total. The van der Waals surface area contributed by atoms with Crippen molar-refractivity contribution in [2.75, 3.05) is 11.5 Å². The van der Waals surface area contributed by atoms with Gasteiger partial charge in [-0.2, -0.15) is 0 Å². The van der Waals surface area contributed by atoms with Crippen molar-refractivity contribution in [3.8, 4) is 0 Å². The van der Waals surface area contributed by atoms with Crippen LogP contribution in [0.3, 0.4) is 0 Å². The van der Waals surface area contributed by atoms with Crippen molar-refractivity contribution in [2.24, 2.45) is 0 Å². The van der Waals surface area contributed by atoms with Crippen LogP contribution in [0.5, 0.6) is 0 Å². The Morgan fingerprint density at radius 1 is 1.08 bits per heavy atom. The number of anilines is 1. The zero-order valence-corrected chi connectivity index (χ0v) is 15.1. The minimum Gasteiger partial charge on any atom is -0.374 e. The number of amides is 1. The Bertz CT molecular complexity index is 808. The van der Waals surface area contributed by atoms with Gasteiger partial charge in [-0.25, -0.2) is 0 Å². The molecule has 1 amide bonds. The maximum atomic E-state index is 12.4. The molecule has 1 heterocycles. The average molecular weight is 371 g/mol. The summed E-state index contributed by atoms with van der Waals surface area (Å²) in [6.45, 7) is 0. The molecule has 0 unspecified atom stereocenters. The third-order valence-electron chi connectivity index (χ3n) is 3.57. The third-order valence-corrected chi connectivity index (χ3v) is 5.45. The summed E-state index contributed by atoms with van der Waals surface area (Å²) in [5, 5.41) is 11.2. The van der Waals surface area contributed by atoms with Crippen LogP contribution >= 0.6 is 23.1 Å². The highest BCUT2D eigenvalue weighted by Crippen LogP contribution is 2.24. The Labute approximate surface area is 154 Å². The van der Waals surface area contributed by atoms with Gasteiger partial charge in [-0.05, 0) is 17.5 Å². The number of carbonyl (C=O) groups excluding carboxylic acids is 1. The minimum atomic E-state index is -0.0730. The zero-order chi connectivity index (χ0) is 17.5. The normalized spacial score (nSPS) is 11.8. The lowest BCUT2D eigenvalue weighted by Gasteiger charge is -2.19. The minimum absolute atomic E-state index is 0.0384. The molecule has 0 aliphatic heterocycles. The molecule has 0 saturated heterocycles. The van der Waals surface area contributed by atoms with Crippen LogP contribution < -0.4 is 11.1 Å². The molecule has 1 aromatic heterocycles. The molecule has 0 fully saturated rings. The van der Waals surface area contributed by atoms with E-state index in [1.54, 1.807) is 0 Å². The van der Waals surface area contributed by atoms with E-state index in [4.69, 9.17) is 5.73 Å². The van der Waals surface area contributed by atoms with Gasteiger partial charge >= 0.3 is 0 Å². The highest BCUT2D eigenvalue weighted by atomic mass is 32.2. The van der Waals surface area contributed by atoms with Crippen LogP contribution in [0.4, 0.5) is 5.13 Å². The lowest BCUT2D eigenvalue weighted by Crippen LogP contribution is -2.31. The van der Waals surface area contributed by atoms with E-state index in [9.17, 15) is 4.79 Å². The Kier molecular flexibility index (Phi) is 6.03. The Hall–Kier alpha value is -2.38. The fourth-order valence-electron chi connectivity index (χ4n) is 2.43. The second kappa shape index (κ2) is 8.64. The van der Waals surface area contributed by atoms with E-state index in [0.29, 0.717) is 9.47 Å². The summed E-state index contributed by atoms with van der Waals surface area (Å²) >= 11 is 2.63. The molecule has 2 aromatic carbocycles. The SMILES string of the molecule is Nc1nnc(SCC(=O)N[C@@H](Cc2ccccc2)c2ccccc2)s1. The van der Waals surface area contributed by atoms with Gasteiger partial charge in [-0.3, -0.25) is 4.79 Å². The van der Waals surface area contributed by atoms with Crippen LogP contribution in [0, 0.1) is 0 Å². The Morgan fingerprint density at radius 3 is 2.40 bits per heavy atom. The molecule has 0 spiro atoms. The van der Waals surface area contributed by atoms with E-state index < -0.39 is 0 Å². The molecule has 3 N–H and O–H groups in total. The van der Waals surface area contributed by atoms with Gasteiger partial charge in [0, 0.05) is 0 Å². The van der Waals surface area contributed by atoms with Gasteiger partial charge < -0.3 is 11.1 Å². The van der Waals surface area contributed by atoms with E-state index in [0.717, 1.165) is 12.0 Å². The summed E-state index contributed by atoms with van der Waals surface area (Å²) in [4.78, 5) is 12.4. The zero-order valence-electron chi connectivity index (χ0n) is 13.5. The van der Waals surface area contributed by atoms with Crippen LogP contribution in [-0.4, -0.2) is 21.9 Å². The van der Waals surface area contributed by atoms with Crippen molar-refractivity contribution in [1.82, 2.24) is 15.5 Å². The molecule has 0 bridgehead atoms. The topological polar surface area (TPSA) is 80.9 Å². The number of nitrogens with zero attached hydrogens (tertiary/aromatic N) is 2. The molecule has 1 atom stereocenters. The number of nitrogen functional groups attached to an aromatic ring is 1. The van der Waals surface area contributed by atoms with E-state index in [-0.39, 0.29) is 17.7 Å². The molecular formula is C18H18N4OS2. The van der Waals surface area contributed by atoms with E-state index in [2.05, 4.69) is 27.6 Å². The van der Waals surface area contributed by atoms with Crippen LogP contribution in [0.2, 0.25) is 0 Å². The van der Waals surface area contributed by atoms with E-state index in [1.807, 2.05) is 48.5 Å². The Balaban J connectivity index is 1.65. The quantitative estimate of drug-likeness (QED) is 0.624. The fourth-order valence-corrected chi connectivity index (χ4v) is 3.88. The van der Waals surface area contributed by atoms with Gasteiger partial charge in [0.15, 0.2) is 4.34 Å². The number of carbonyl (C=O) groups is 1. The number of rotatable bonds is 7. The molecule has 0 aliphatic rings. The first kappa shape index (κ1) is 17.4. The lowest BCUT2D eigenvalue weighted by molar-refractivity contribution is -0.119. The molecular weight excluding hydrogens is 352 g/mol. The number of hydrogen-bond acceptors (Lipinski definition) is 6. The van der Waals surface area contributed by atoms with Crippen LogP contribution in [0.1, 0.15) is 17.2 Å². The molecule has 3 rings (SSSR count). The summed E-state index contributed by atoms with van der Waals surface area (Å²) < 4.78 is 0.701. The highest BCUT2D eigenvalue weighted by Gasteiger charge is 2.16. The predicted molar refractivity (Wildman–Crippen MR) is 103 cm³/mol. The number of aromatic nitrogens is 2. The van der Waals surface area contributed by atoms with E-state index >= 15 is 0 Å². The summed E-state index contributed by atoms with van der Waals surface area (Å²) in [7, 11) is 0. The lowest BCUT2D eigenvalue weighted by atomic mass is 9.99. The smallest absolute Gasteiger partial charge is 0.230 e. The number of thioether (sulfide) groups is 1. The van der Waals surface area contributed by atoms with Crippen molar-refractivity contribution in [3.63, 3.8) is 0 Å². The van der Waals surface area contributed by atoms with Crippen molar-refractivity contribution >= 4 is 34.1 Å². The third kappa shape index (κ3) is 5.30. The number of nitrogens with one attached hydrogen (secondary N) is 1. The van der Waals surface area contributed by atoms with Gasteiger partial charge in [-0.1, -0.05) is 83.8 Å². The molecule has 7 heteroatoms. The summed E-state index contributed by atoms with van der Waals surface area (Å²) in [6, 6.07) is 20.1. The van der Waals surface area contributed by atoms with Crippen molar-refractivity contribution in [2.45, 2.75) is 16.8 Å². The van der Waals surface area contributed by atoms with Gasteiger partial charge in [0.2, 0.25) is 11.0 Å². The second-order valence-corrected chi connectivity index (χ2v) is 7.65. The molecule has 128 valence electrons. The highest BCUT2D eigenvalue weighted by molar-refractivity contribution is 8.01. The van der Waals surface area contributed by atoms with Crippen LogP contribution in [0.15, 0.2) is 65.0 Å². The fraction of sp³-hybridized carbons (Fsp3) is 0.167. The van der Waals surface area contributed by atoms with Crippen LogP contribution in [0.25, 0.3) is 0 Å². The Morgan fingerprint density at radius 2 is 1.76 bits per heavy atom. The average Bonchev–Trinajstić information content (AvgIpc) is 3.06. The van der Waals surface area contributed by atoms with Gasteiger partial charge in [0.05, 0.1) is 11.8 Å². The maximum Gasteiger partial charge on any atom is 0.230 e. The number of benzene rings is 2. The van der Waals surface area contributed by atoms with Crippen molar-refractivity contribution < 1.29 is 4.79 Å². The molecule has 0 aliphatic carbocycles. The molecule has 0 radical (unpaired) electrons. The van der Waals surface area contributed by atoms with Gasteiger partial charge in [-0.15, -0.1) is 10.2 Å². The first-order chi connectivity index (χ1) is 12.2. The summed E-state index contributed by atoms with van der Waals surface area (Å²) in [5.41, 5.74) is 7.83. The molecule has 25 heavy (non-hydrogen) atoms. The summed E-state index contributed by atoms with van der Waals surface area (Å²) in [6.07, 6.45) is 0.743. The number of nitrogens with two attached hydrogens (primary N) is 1. The monoisotopic (exact) mass is 370 g/mol. The largest absolute Gasteiger partial charge is 0.374 e. The van der Waals surface area contributed by atoms with Gasteiger partial charge in [0.1, 0.15) is 0 Å². The second-order valence-electron chi connectivity index (χ2n) is 5.42. The predicted octanol–water partition coefficient (Wildman–Crippen LogP) is 3.31. The van der Waals surface area contributed by atoms with E-state index in [1.165, 1.54) is 28.7 Å². The maximum absolute atomic E-state index is 12.4. The molecule has 0 saturated carbocycles. The van der Waals surface area contributed by atoms with Crippen molar-refractivity contribution in [3.05, 3.63) is 71.8 Å². The standard InChI is InChI=1S/C18H18N4OS2/c19-17-21-22-18(25-17)24-12-16(23)20-15(14-9-5-2-6-10-14)11-13-7-3-1-4-8-13/h1-10,15H,11-12H2,(H2,19,21)(H,20,23)/t15-/m0/s1. The first-order valence-corrected chi connectivity index (χ1v) is 9.61. The first-order valence-electron chi connectivity index (χ1n) is 7.81. The van der Waals surface area contributed by atoms with Crippen LogP contribution in [-0.2, 0) is 11.2 Å².